The van der Waals surface area contributed by atoms with Crippen LogP contribution in [0.3, 0.4) is 0 Å². The van der Waals surface area contributed by atoms with Crippen molar-refractivity contribution in [1.82, 2.24) is 19.4 Å². The van der Waals surface area contributed by atoms with Crippen LogP contribution in [0.5, 0.6) is 0 Å². The van der Waals surface area contributed by atoms with Crippen molar-refractivity contribution >= 4 is 23.3 Å². The third-order valence-corrected chi connectivity index (χ3v) is 3.16. The highest BCUT2D eigenvalue weighted by atomic mass is 35.5. The van der Waals surface area contributed by atoms with Gasteiger partial charge in [-0.1, -0.05) is 11.6 Å². The number of imidazole rings is 1. The third kappa shape index (κ3) is 2.89. The number of nitrogens with two attached hydrogens (primary N) is 1. The fourth-order valence-corrected chi connectivity index (χ4v) is 1.94. The molecule has 0 aliphatic heterocycles. The van der Waals surface area contributed by atoms with E-state index in [1.54, 1.807) is 18.1 Å². The first-order valence-corrected chi connectivity index (χ1v) is 6.24. The van der Waals surface area contributed by atoms with Crippen molar-refractivity contribution in [1.29, 1.82) is 0 Å². The van der Waals surface area contributed by atoms with Gasteiger partial charge in [0.2, 0.25) is 0 Å². The summed E-state index contributed by atoms with van der Waals surface area (Å²) in [6, 6.07) is 1.53. The average molecular weight is 295 g/mol. The van der Waals surface area contributed by atoms with Crippen molar-refractivity contribution in [2.45, 2.75) is 6.54 Å². The number of hydrogen-bond donors (Lipinski definition) is 2. The first-order chi connectivity index (χ1) is 9.52. The van der Waals surface area contributed by atoms with Gasteiger partial charge in [0.1, 0.15) is 5.82 Å². The molecule has 1 amide bonds. The fraction of sp³-hybridized carbons (Fsp3) is 0.250. The lowest BCUT2D eigenvalue weighted by Crippen LogP contribution is -2.27. The summed E-state index contributed by atoms with van der Waals surface area (Å²) in [6.45, 7) is 0.400. The molecule has 0 fully saturated rings. The zero-order chi connectivity index (χ0) is 14.7. The summed E-state index contributed by atoms with van der Waals surface area (Å²) in [7, 11) is 3.57. The minimum Gasteiger partial charge on any atom is -0.337 e. The van der Waals surface area contributed by atoms with E-state index < -0.39 is 0 Å². The molecule has 8 heteroatoms. The average Bonchev–Trinajstić information content (AvgIpc) is 2.83. The number of rotatable bonds is 4. The maximum Gasteiger partial charge on any atom is 0.255 e. The van der Waals surface area contributed by atoms with Crippen molar-refractivity contribution in [2.75, 3.05) is 12.5 Å². The fourth-order valence-electron chi connectivity index (χ4n) is 1.71. The van der Waals surface area contributed by atoms with Gasteiger partial charge in [0, 0.05) is 32.7 Å². The first-order valence-electron chi connectivity index (χ1n) is 5.86. The Morgan fingerprint density at radius 2 is 2.30 bits per heavy atom. The Labute approximate surface area is 121 Å². The Morgan fingerprint density at radius 3 is 2.85 bits per heavy atom. The normalized spacial score (nSPS) is 10.4. The topological polar surface area (TPSA) is 89.1 Å². The van der Waals surface area contributed by atoms with E-state index in [0.29, 0.717) is 22.9 Å². The van der Waals surface area contributed by atoms with Crippen LogP contribution in [0.25, 0.3) is 0 Å². The second-order valence-electron chi connectivity index (χ2n) is 4.31. The zero-order valence-electron chi connectivity index (χ0n) is 11.2. The number of hydrazine groups is 1. The number of nitrogens with zero attached hydrogens (tertiary/aromatic N) is 4. The third-order valence-electron chi connectivity index (χ3n) is 2.87. The van der Waals surface area contributed by atoms with Gasteiger partial charge in [0.15, 0.2) is 5.82 Å². The molecule has 0 bridgehead atoms. The quantitative estimate of drug-likeness (QED) is 0.649. The van der Waals surface area contributed by atoms with E-state index in [2.05, 4.69) is 15.4 Å². The van der Waals surface area contributed by atoms with Crippen molar-refractivity contribution in [3.8, 4) is 0 Å². The minimum absolute atomic E-state index is 0.189. The highest BCUT2D eigenvalue weighted by Gasteiger charge is 2.15. The van der Waals surface area contributed by atoms with Gasteiger partial charge in [-0.05, 0) is 6.07 Å². The molecule has 0 atom stereocenters. The van der Waals surface area contributed by atoms with Crippen LogP contribution in [0.1, 0.15) is 16.2 Å². The Balaban J connectivity index is 2.14. The number of pyridine rings is 1. The number of aryl methyl sites for hydroxylation is 1. The van der Waals surface area contributed by atoms with E-state index in [1.807, 2.05) is 17.8 Å². The number of aromatic nitrogens is 3. The van der Waals surface area contributed by atoms with Gasteiger partial charge < -0.3 is 14.9 Å². The molecular formula is C12H15ClN6O. The van der Waals surface area contributed by atoms with Crippen LogP contribution in [-0.2, 0) is 13.6 Å². The van der Waals surface area contributed by atoms with Crippen LogP contribution in [0, 0.1) is 0 Å². The highest BCUT2D eigenvalue weighted by molar-refractivity contribution is 6.33. The number of carbonyl (C=O) groups excluding carboxylic acids is 1. The number of amides is 1. The zero-order valence-corrected chi connectivity index (χ0v) is 11.9. The molecule has 106 valence electrons. The predicted octanol–water partition coefficient (Wildman–Crippen LogP) is 1.03. The summed E-state index contributed by atoms with van der Waals surface area (Å²) in [5.74, 6) is 6.17. The summed E-state index contributed by atoms with van der Waals surface area (Å²) in [5, 5.41) is 0.295. The van der Waals surface area contributed by atoms with Crippen LogP contribution in [-0.4, -0.2) is 32.4 Å². The molecule has 2 aromatic rings. The molecule has 0 saturated heterocycles. The van der Waals surface area contributed by atoms with Gasteiger partial charge >= 0.3 is 0 Å². The molecule has 0 saturated carbocycles. The number of nitrogen functional groups attached to an aromatic ring is 1. The molecule has 0 spiro atoms. The molecule has 3 N–H and O–H groups in total. The SMILES string of the molecule is CN(Cc1nccn1C)C(=O)c1cnc(NN)c(Cl)c1. The summed E-state index contributed by atoms with van der Waals surface area (Å²) in [5.41, 5.74) is 2.75. The van der Waals surface area contributed by atoms with E-state index in [0.717, 1.165) is 5.82 Å². The molecule has 7 nitrogen and oxygen atoms in total. The molecule has 2 aromatic heterocycles. The van der Waals surface area contributed by atoms with Crippen LogP contribution in [0.4, 0.5) is 5.82 Å². The summed E-state index contributed by atoms with van der Waals surface area (Å²) >= 11 is 5.95. The standard InChI is InChI=1S/C12H15ClN6O/c1-18-4-3-15-10(18)7-19(2)12(20)8-5-9(13)11(17-14)16-6-8/h3-6H,7,14H2,1-2H3,(H,16,17). The first kappa shape index (κ1) is 14.3. The molecule has 2 heterocycles. The second-order valence-corrected chi connectivity index (χ2v) is 4.72. The Morgan fingerprint density at radius 1 is 1.55 bits per heavy atom. The maximum atomic E-state index is 12.3. The van der Waals surface area contributed by atoms with Crippen LogP contribution >= 0.6 is 11.6 Å². The van der Waals surface area contributed by atoms with Crippen LogP contribution in [0.15, 0.2) is 24.7 Å². The van der Waals surface area contributed by atoms with Crippen molar-refractivity contribution in [2.24, 2.45) is 12.9 Å². The van der Waals surface area contributed by atoms with Gasteiger partial charge in [-0.3, -0.25) is 4.79 Å². The number of halogens is 1. The molecule has 0 aromatic carbocycles. The highest BCUT2D eigenvalue weighted by Crippen LogP contribution is 2.19. The summed E-state index contributed by atoms with van der Waals surface area (Å²) in [4.78, 5) is 22.0. The van der Waals surface area contributed by atoms with E-state index >= 15 is 0 Å². The number of anilines is 1. The monoisotopic (exact) mass is 294 g/mol. The van der Waals surface area contributed by atoms with Crippen LogP contribution in [0.2, 0.25) is 5.02 Å². The molecule has 0 aliphatic rings. The largest absolute Gasteiger partial charge is 0.337 e. The number of nitrogens with one attached hydrogen (secondary N) is 1. The molecule has 20 heavy (non-hydrogen) atoms. The van der Waals surface area contributed by atoms with Crippen molar-refractivity contribution < 1.29 is 4.79 Å². The van der Waals surface area contributed by atoms with Gasteiger partial charge in [0.25, 0.3) is 5.91 Å². The number of carbonyl (C=O) groups is 1. The lowest BCUT2D eigenvalue weighted by atomic mass is 10.2. The second kappa shape index (κ2) is 5.89. The van der Waals surface area contributed by atoms with Gasteiger partial charge in [0.05, 0.1) is 17.1 Å². The van der Waals surface area contributed by atoms with E-state index in [1.165, 1.54) is 12.3 Å². The molecule has 0 radical (unpaired) electrons. The van der Waals surface area contributed by atoms with E-state index in [-0.39, 0.29) is 5.91 Å². The molecule has 0 unspecified atom stereocenters. The Bertz CT molecular complexity index is 626. The number of hydrogen-bond acceptors (Lipinski definition) is 5. The molecule has 2 rings (SSSR count). The van der Waals surface area contributed by atoms with E-state index in [9.17, 15) is 4.79 Å². The summed E-state index contributed by atoms with van der Waals surface area (Å²) in [6.07, 6.45) is 4.94. The van der Waals surface area contributed by atoms with Crippen molar-refractivity contribution in [3.63, 3.8) is 0 Å². The smallest absolute Gasteiger partial charge is 0.255 e. The predicted molar refractivity (Wildman–Crippen MR) is 76.1 cm³/mol. The van der Waals surface area contributed by atoms with Gasteiger partial charge in [-0.15, -0.1) is 0 Å². The molecular weight excluding hydrogens is 280 g/mol. The lowest BCUT2D eigenvalue weighted by molar-refractivity contribution is 0.0780. The van der Waals surface area contributed by atoms with E-state index in [4.69, 9.17) is 17.4 Å². The minimum atomic E-state index is -0.189. The lowest BCUT2D eigenvalue weighted by Gasteiger charge is -2.17. The van der Waals surface area contributed by atoms with Gasteiger partial charge in [-0.2, -0.15) is 0 Å². The van der Waals surface area contributed by atoms with Crippen LogP contribution < -0.4 is 11.3 Å². The van der Waals surface area contributed by atoms with Crippen molar-refractivity contribution in [3.05, 3.63) is 41.1 Å². The summed E-state index contributed by atoms with van der Waals surface area (Å²) < 4.78 is 1.86. The maximum absolute atomic E-state index is 12.3. The van der Waals surface area contributed by atoms with Gasteiger partial charge in [-0.25, -0.2) is 15.8 Å². The molecule has 0 aliphatic carbocycles. The Kier molecular flexibility index (Phi) is 4.21. The Hall–Kier alpha value is -2.12.